The Morgan fingerprint density at radius 3 is 2.17 bits per heavy atom. The number of piperazine rings is 1. The SMILES string of the molecule is CCS(=O)(=O)N1CCN(S(=O)(=O)c2ccc3[nH]c(=O)[nH]c3c2)CC1. The quantitative estimate of drug-likeness (QED) is 0.748. The van der Waals surface area contributed by atoms with Crippen LogP contribution in [0, 0.1) is 0 Å². The zero-order chi connectivity index (χ0) is 17.5. The number of nitrogens with zero attached hydrogens (tertiary/aromatic N) is 2. The van der Waals surface area contributed by atoms with Crippen molar-refractivity contribution in [1.29, 1.82) is 0 Å². The van der Waals surface area contributed by atoms with Crippen LogP contribution in [0.3, 0.4) is 0 Å². The Kier molecular flexibility index (Phi) is 4.28. The van der Waals surface area contributed by atoms with Crippen LogP contribution in [0.15, 0.2) is 27.9 Å². The van der Waals surface area contributed by atoms with Crippen LogP contribution in [0.25, 0.3) is 11.0 Å². The van der Waals surface area contributed by atoms with Crippen molar-refractivity contribution in [2.45, 2.75) is 11.8 Å². The van der Waals surface area contributed by atoms with Gasteiger partial charge in [-0.2, -0.15) is 8.61 Å². The molecule has 0 saturated carbocycles. The highest BCUT2D eigenvalue weighted by atomic mass is 32.2. The fourth-order valence-corrected chi connectivity index (χ4v) is 5.23. The van der Waals surface area contributed by atoms with E-state index in [1.165, 1.54) is 26.8 Å². The molecule has 2 N–H and O–H groups in total. The number of rotatable bonds is 4. The van der Waals surface area contributed by atoms with Gasteiger partial charge in [0.15, 0.2) is 0 Å². The molecule has 0 unspecified atom stereocenters. The molecule has 1 saturated heterocycles. The maximum atomic E-state index is 12.7. The Morgan fingerprint density at radius 2 is 1.54 bits per heavy atom. The van der Waals surface area contributed by atoms with Crippen molar-refractivity contribution in [3.05, 3.63) is 28.7 Å². The molecule has 1 aromatic carbocycles. The lowest BCUT2D eigenvalue weighted by molar-refractivity contribution is 0.273. The molecular weight excluding hydrogens is 356 g/mol. The molecule has 0 atom stereocenters. The van der Waals surface area contributed by atoms with Crippen LogP contribution in [0.1, 0.15) is 6.92 Å². The van der Waals surface area contributed by atoms with Crippen molar-refractivity contribution < 1.29 is 16.8 Å². The first-order valence-corrected chi connectivity index (χ1v) is 10.5. The van der Waals surface area contributed by atoms with Gasteiger partial charge >= 0.3 is 5.69 Å². The highest BCUT2D eigenvalue weighted by molar-refractivity contribution is 7.89. The second-order valence-electron chi connectivity index (χ2n) is 5.49. The molecular formula is C13H18N4O5S2. The Hall–Kier alpha value is -1.69. The van der Waals surface area contributed by atoms with Gasteiger partial charge in [0, 0.05) is 26.2 Å². The third kappa shape index (κ3) is 2.99. The zero-order valence-corrected chi connectivity index (χ0v) is 14.7. The summed E-state index contributed by atoms with van der Waals surface area (Å²) in [4.78, 5) is 16.4. The summed E-state index contributed by atoms with van der Waals surface area (Å²) in [6, 6.07) is 4.35. The third-order valence-electron chi connectivity index (χ3n) is 4.08. The van der Waals surface area contributed by atoms with Crippen LogP contribution in [-0.2, 0) is 20.0 Å². The first kappa shape index (κ1) is 17.1. The minimum Gasteiger partial charge on any atom is -0.306 e. The van der Waals surface area contributed by atoms with E-state index in [1.54, 1.807) is 6.92 Å². The molecule has 0 aliphatic carbocycles. The van der Waals surface area contributed by atoms with E-state index < -0.39 is 25.7 Å². The lowest BCUT2D eigenvalue weighted by atomic mass is 10.3. The maximum Gasteiger partial charge on any atom is 0.323 e. The number of benzene rings is 1. The smallest absolute Gasteiger partial charge is 0.306 e. The molecule has 3 rings (SSSR count). The molecule has 132 valence electrons. The molecule has 0 spiro atoms. The summed E-state index contributed by atoms with van der Waals surface area (Å²) in [7, 11) is -7.06. The predicted molar refractivity (Wildman–Crippen MR) is 88.7 cm³/mol. The van der Waals surface area contributed by atoms with Gasteiger partial charge in [0.2, 0.25) is 20.0 Å². The molecule has 1 aromatic heterocycles. The number of aromatic nitrogens is 2. The number of aromatic amines is 2. The van der Waals surface area contributed by atoms with Crippen LogP contribution in [-0.4, -0.2) is 67.3 Å². The van der Waals surface area contributed by atoms with E-state index in [4.69, 9.17) is 0 Å². The number of fused-ring (bicyclic) bond motifs is 1. The first-order valence-electron chi connectivity index (χ1n) is 7.44. The zero-order valence-electron chi connectivity index (χ0n) is 13.0. The molecule has 2 aromatic rings. The fraction of sp³-hybridized carbons (Fsp3) is 0.462. The summed E-state index contributed by atoms with van der Waals surface area (Å²) >= 11 is 0. The molecule has 1 fully saturated rings. The van der Waals surface area contributed by atoms with Gasteiger partial charge in [0.05, 0.1) is 21.7 Å². The van der Waals surface area contributed by atoms with Crippen molar-refractivity contribution in [3.63, 3.8) is 0 Å². The number of H-pyrrole nitrogens is 2. The fourth-order valence-electron chi connectivity index (χ4n) is 2.69. The van der Waals surface area contributed by atoms with Gasteiger partial charge < -0.3 is 9.97 Å². The lowest BCUT2D eigenvalue weighted by Gasteiger charge is -2.33. The molecule has 0 bridgehead atoms. The second-order valence-corrected chi connectivity index (χ2v) is 9.69. The lowest BCUT2D eigenvalue weighted by Crippen LogP contribution is -2.50. The van der Waals surface area contributed by atoms with Crippen molar-refractivity contribution in [2.24, 2.45) is 0 Å². The topological polar surface area (TPSA) is 123 Å². The van der Waals surface area contributed by atoms with E-state index >= 15 is 0 Å². The highest BCUT2D eigenvalue weighted by Gasteiger charge is 2.32. The average molecular weight is 374 g/mol. The Bertz CT molecular complexity index is 1010. The normalized spacial score (nSPS) is 18.2. The van der Waals surface area contributed by atoms with Gasteiger partial charge in [-0.3, -0.25) is 0 Å². The summed E-state index contributed by atoms with van der Waals surface area (Å²) in [5.74, 6) is -0.00271. The summed E-state index contributed by atoms with van der Waals surface area (Å²) in [6.07, 6.45) is 0. The second kappa shape index (κ2) is 5.99. The van der Waals surface area contributed by atoms with Crippen LogP contribution in [0.4, 0.5) is 0 Å². The minimum atomic E-state index is -3.74. The van der Waals surface area contributed by atoms with Gasteiger partial charge in [0.25, 0.3) is 0 Å². The van der Waals surface area contributed by atoms with Gasteiger partial charge in [-0.15, -0.1) is 0 Å². The van der Waals surface area contributed by atoms with Crippen molar-refractivity contribution in [2.75, 3.05) is 31.9 Å². The largest absolute Gasteiger partial charge is 0.323 e. The van der Waals surface area contributed by atoms with Crippen molar-refractivity contribution >= 4 is 31.1 Å². The maximum absolute atomic E-state index is 12.7. The monoisotopic (exact) mass is 374 g/mol. The van der Waals surface area contributed by atoms with Crippen LogP contribution >= 0.6 is 0 Å². The van der Waals surface area contributed by atoms with Gasteiger partial charge in [0.1, 0.15) is 0 Å². The molecule has 2 heterocycles. The van der Waals surface area contributed by atoms with Gasteiger partial charge in [-0.25, -0.2) is 21.6 Å². The highest BCUT2D eigenvalue weighted by Crippen LogP contribution is 2.21. The molecule has 9 nitrogen and oxygen atoms in total. The summed E-state index contributed by atoms with van der Waals surface area (Å²) in [5, 5.41) is 0. The third-order valence-corrected chi connectivity index (χ3v) is 7.86. The predicted octanol–water partition coefficient (Wildman–Crippen LogP) is -0.488. The minimum absolute atomic E-state index is 0.00271. The van der Waals surface area contributed by atoms with E-state index in [1.807, 2.05) is 0 Å². The molecule has 1 aliphatic heterocycles. The molecule has 0 amide bonds. The van der Waals surface area contributed by atoms with E-state index in [0.717, 1.165) is 0 Å². The standard InChI is InChI=1S/C13H18N4O5S2/c1-2-23(19,20)16-5-7-17(8-6-16)24(21,22)10-3-4-11-12(9-10)15-13(18)14-11/h3-4,9H,2,5-8H2,1H3,(H2,14,15,18). The van der Waals surface area contributed by atoms with E-state index in [2.05, 4.69) is 9.97 Å². The Balaban J connectivity index is 1.84. The van der Waals surface area contributed by atoms with Crippen LogP contribution < -0.4 is 5.69 Å². The molecule has 0 radical (unpaired) electrons. The van der Waals surface area contributed by atoms with E-state index in [0.29, 0.717) is 11.0 Å². The number of sulfonamides is 2. The Labute approximate surface area is 139 Å². The summed E-state index contributed by atoms with van der Waals surface area (Å²) < 4.78 is 51.7. The average Bonchev–Trinajstić information content (AvgIpc) is 2.94. The number of imidazole rings is 1. The molecule has 24 heavy (non-hydrogen) atoms. The number of nitrogens with one attached hydrogen (secondary N) is 2. The summed E-state index contributed by atoms with van der Waals surface area (Å²) in [5.41, 5.74) is 0.531. The Morgan fingerprint density at radius 1 is 0.958 bits per heavy atom. The van der Waals surface area contributed by atoms with Gasteiger partial charge in [-0.05, 0) is 25.1 Å². The molecule has 11 heteroatoms. The van der Waals surface area contributed by atoms with E-state index in [-0.39, 0.29) is 36.8 Å². The van der Waals surface area contributed by atoms with Crippen molar-refractivity contribution in [3.8, 4) is 0 Å². The molecule has 1 aliphatic rings. The van der Waals surface area contributed by atoms with Crippen molar-refractivity contribution in [1.82, 2.24) is 18.6 Å². The van der Waals surface area contributed by atoms with Crippen LogP contribution in [0.5, 0.6) is 0 Å². The first-order chi connectivity index (χ1) is 11.2. The number of hydrogen-bond acceptors (Lipinski definition) is 5. The van der Waals surface area contributed by atoms with Gasteiger partial charge in [-0.1, -0.05) is 0 Å². The van der Waals surface area contributed by atoms with Crippen LogP contribution in [0.2, 0.25) is 0 Å². The van der Waals surface area contributed by atoms with E-state index in [9.17, 15) is 21.6 Å². The number of hydrogen-bond donors (Lipinski definition) is 2. The summed E-state index contributed by atoms with van der Waals surface area (Å²) in [6.45, 7) is 2.04.